The quantitative estimate of drug-likeness (QED) is 0.265. The number of benzene rings is 1. The zero-order chi connectivity index (χ0) is 22.2. The van der Waals surface area contributed by atoms with Crippen molar-refractivity contribution in [3.63, 3.8) is 0 Å². The molecule has 0 atom stereocenters. The Morgan fingerprint density at radius 1 is 1.09 bits per heavy atom. The second kappa shape index (κ2) is 13.2. The van der Waals surface area contributed by atoms with E-state index in [4.69, 9.17) is 5.73 Å². The highest BCUT2D eigenvalue weighted by Gasteiger charge is 2.21. The van der Waals surface area contributed by atoms with Gasteiger partial charge in [-0.05, 0) is 43.9 Å². The molecule has 9 heteroatoms. The number of rotatable bonds is 7. The summed E-state index contributed by atoms with van der Waals surface area (Å²) in [7, 11) is 1.82. The molecule has 32 heavy (non-hydrogen) atoms. The maximum Gasteiger partial charge on any atom is 0.231 e. The van der Waals surface area contributed by atoms with Crippen LogP contribution in [0.4, 0.5) is 5.69 Å². The number of primary amides is 1. The molecule has 0 unspecified atom stereocenters. The second-order valence-electron chi connectivity index (χ2n) is 8.71. The Kier molecular flexibility index (Phi) is 11.0. The molecular weight excluding hydrogens is 517 g/mol. The third-order valence-corrected chi connectivity index (χ3v) is 6.54. The van der Waals surface area contributed by atoms with Crippen LogP contribution in [0.25, 0.3) is 0 Å². The van der Waals surface area contributed by atoms with E-state index in [1.54, 1.807) is 0 Å². The SMILES string of the molecule is CN=C(NCCN1CCN(c2cccc(C)c2C)CC1)NC1CCN(CC(N)=O)CC1.I. The fourth-order valence-electron chi connectivity index (χ4n) is 4.47. The van der Waals surface area contributed by atoms with E-state index in [1.165, 1.54) is 16.8 Å². The van der Waals surface area contributed by atoms with E-state index in [-0.39, 0.29) is 29.9 Å². The number of guanidine groups is 1. The van der Waals surface area contributed by atoms with Crippen molar-refractivity contribution in [1.29, 1.82) is 0 Å². The van der Waals surface area contributed by atoms with Crippen molar-refractivity contribution in [3.05, 3.63) is 29.3 Å². The molecule has 1 aromatic carbocycles. The van der Waals surface area contributed by atoms with Crippen LogP contribution in [0.2, 0.25) is 0 Å². The number of amides is 1. The van der Waals surface area contributed by atoms with Crippen LogP contribution in [0.3, 0.4) is 0 Å². The maximum atomic E-state index is 11.1. The van der Waals surface area contributed by atoms with Crippen LogP contribution in [0.1, 0.15) is 24.0 Å². The van der Waals surface area contributed by atoms with Gasteiger partial charge in [-0.1, -0.05) is 12.1 Å². The van der Waals surface area contributed by atoms with Gasteiger partial charge in [0.15, 0.2) is 5.96 Å². The minimum Gasteiger partial charge on any atom is -0.369 e. The summed E-state index contributed by atoms with van der Waals surface area (Å²) in [6.07, 6.45) is 1.99. The molecule has 2 aliphatic rings. The molecule has 1 aromatic rings. The number of carbonyl (C=O) groups is 1. The highest BCUT2D eigenvalue weighted by molar-refractivity contribution is 14.0. The normalized spacial score (nSPS) is 18.8. The van der Waals surface area contributed by atoms with Gasteiger partial charge in [-0.15, -0.1) is 24.0 Å². The number of nitrogens with two attached hydrogens (primary N) is 1. The highest BCUT2D eigenvalue weighted by atomic mass is 127. The van der Waals surface area contributed by atoms with Crippen LogP contribution >= 0.6 is 24.0 Å². The van der Waals surface area contributed by atoms with Gasteiger partial charge >= 0.3 is 0 Å². The number of hydrogen-bond donors (Lipinski definition) is 3. The lowest BCUT2D eigenvalue weighted by atomic mass is 10.1. The molecule has 2 saturated heterocycles. The van der Waals surface area contributed by atoms with Gasteiger partial charge in [-0.2, -0.15) is 0 Å². The van der Waals surface area contributed by atoms with Crippen molar-refractivity contribution in [2.45, 2.75) is 32.7 Å². The third-order valence-electron chi connectivity index (χ3n) is 6.54. The van der Waals surface area contributed by atoms with E-state index >= 15 is 0 Å². The number of likely N-dealkylation sites (tertiary alicyclic amines) is 1. The first-order chi connectivity index (χ1) is 15.0. The molecule has 180 valence electrons. The average molecular weight is 558 g/mol. The smallest absolute Gasteiger partial charge is 0.231 e. The summed E-state index contributed by atoms with van der Waals surface area (Å²) in [4.78, 5) is 22.6. The molecule has 0 radical (unpaired) electrons. The van der Waals surface area contributed by atoms with Crippen LogP contribution < -0.4 is 21.3 Å². The van der Waals surface area contributed by atoms with E-state index < -0.39 is 0 Å². The van der Waals surface area contributed by atoms with Crippen LogP contribution in [-0.4, -0.2) is 93.7 Å². The van der Waals surface area contributed by atoms with Crippen LogP contribution in [0.15, 0.2) is 23.2 Å². The van der Waals surface area contributed by atoms with E-state index in [1.807, 2.05) is 7.05 Å². The van der Waals surface area contributed by atoms with Gasteiger partial charge in [0.05, 0.1) is 6.54 Å². The summed E-state index contributed by atoms with van der Waals surface area (Å²) in [5.41, 5.74) is 9.43. The van der Waals surface area contributed by atoms with Crippen LogP contribution in [0, 0.1) is 13.8 Å². The molecule has 0 spiro atoms. The van der Waals surface area contributed by atoms with Crippen molar-refractivity contribution in [3.8, 4) is 0 Å². The number of carbonyl (C=O) groups excluding carboxylic acids is 1. The Morgan fingerprint density at radius 2 is 1.78 bits per heavy atom. The fraction of sp³-hybridized carbons (Fsp3) is 0.652. The number of nitrogens with zero attached hydrogens (tertiary/aromatic N) is 4. The zero-order valence-electron chi connectivity index (χ0n) is 19.8. The largest absolute Gasteiger partial charge is 0.369 e. The molecule has 4 N–H and O–H groups in total. The van der Waals surface area contributed by atoms with Gasteiger partial charge in [0.2, 0.25) is 5.91 Å². The molecule has 2 aliphatic heterocycles. The number of nitrogens with one attached hydrogen (secondary N) is 2. The minimum absolute atomic E-state index is 0. The van der Waals surface area contributed by atoms with Gasteiger partial charge in [0.1, 0.15) is 0 Å². The van der Waals surface area contributed by atoms with E-state index in [0.717, 1.165) is 71.2 Å². The van der Waals surface area contributed by atoms with Crippen molar-refractivity contribution in [2.75, 3.05) is 70.9 Å². The van der Waals surface area contributed by atoms with E-state index in [0.29, 0.717) is 12.6 Å². The summed E-state index contributed by atoms with van der Waals surface area (Å²) in [5, 5.41) is 6.99. The van der Waals surface area contributed by atoms with E-state index in [9.17, 15) is 4.79 Å². The van der Waals surface area contributed by atoms with E-state index in [2.05, 4.69) is 62.4 Å². The predicted molar refractivity (Wildman–Crippen MR) is 143 cm³/mol. The summed E-state index contributed by atoms with van der Waals surface area (Å²) < 4.78 is 0. The van der Waals surface area contributed by atoms with Crippen molar-refractivity contribution >= 4 is 41.5 Å². The molecular formula is C23H40IN7O. The molecule has 0 aromatic heterocycles. The number of halogens is 1. The van der Waals surface area contributed by atoms with Crippen molar-refractivity contribution < 1.29 is 4.79 Å². The lowest BCUT2D eigenvalue weighted by molar-refractivity contribution is -0.119. The lowest BCUT2D eigenvalue weighted by Gasteiger charge is -2.37. The number of aliphatic imine (C=N–C) groups is 1. The number of piperidine rings is 1. The molecule has 0 aliphatic carbocycles. The highest BCUT2D eigenvalue weighted by Crippen LogP contribution is 2.23. The molecule has 2 heterocycles. The Bertz CT molecular complexity index is 757. The maximum absolute atomic E-state index is 11.1. The fourth-order valence-corrected chi connectivity index (χ4v) is 4.47. The monoisotopic (exact) mass is 557 g/mol. The van der Waals surface area contributed by atoms with Crippen LogP contribution in [-0.2, 0) is 4.79 Å². The number of anilines is 1. The molecule has 0 bridgehead atoms. The first-order valence-corrected chi connectivity index (χ1v) is 11.5. The molecule has 8 nitrogen and oxygen atoms in total. The van der Waals surface area contributed by atoms with Gasteiger partial charge in [0, 0.05) is 71.1 Å². The Labute approximate surface area is 210 Å². The number of hydrogen-bond acceptors (Lipinski definition) is 5. The standard InChI is InChI=1S/C23H39N7O.HI/c1-18-5-4-6-21(19(18)2)30-15-13-28(14-16-30)12-9-26-23(25-3)27-20-7-10-29(11-8-20)17-22(24)31;/h4-6,20H,7-17H2,1-3H3,(H2,24,31)(H2,25,26,27);1H. The molecule has 3 rings (SSSR count). The Morgan fingerprint density at radius 3 is 2.41 bits per heavy atom. The molecule has 0 saturated carbocycles. The van der Waals surface area contributed by atoms with Gasteiger partial charge in [-0.25, -0.2) is 0 Å². The number of piperazine rings is 1. The first-order valence-electron chi connectivity index (χ1n) is 11.5. The van der Waals surface area contributed by atoms with Crippen LogP contribution in [0.5, 0.6) is 0 Å². The summed E-state index contributed by atoms with van der Waals surface area (Å²) >= 11 is 0. The van der Waals surface area contributed by atoms with Crippen molar-refractivity contribution in [1.82, 2.24) is 20.4 Å². The first kappa shape index (κ1) is 26.7. The topological polar surface area (TPSA) is 89.2 Å². The van der Waals surface area contributed by atoms with Gasteiger partial charge in [0.25, 0.3) is 0 Å². The summed E-state index contributed by atoms with van der Waals surface area (Å²) in [6, 6.07) is 6.98. The molecule has 1 amide bonds. The molecule has 2 fully saturated rings. The van der Waals surface area contributed by atoms with Gasteiger partial charge < -0.3 is 21.3 Å². The average Bonchev–Trinajstić information content (AvgIpc) is 2.76. The summed E-state index contributed by atoms with van der Waals surface area (Å²) in [6.45, 7) is 12.7. The summed E-state index contributed by atoms with van der Waals surface area (Å²) in [5.74, 6) is 0.612. The van der Waals surface area contributed by atoms with Crippen molar-refractivity contribution in [2.24, 2.45) is 10.7 Å². The Hall–Kier alpha value is -1.59. The minimum atomic E-state index is -0.251. The second-order valence-corrected chi connectivity index (χ2v) is 8.71. The lowest BCUT2D eigenvalue weighted by Crippen LogP contribution is -2.52. The predicted octanol–water partition coefficient (Wildman–Crippen LogP) is 1.16. The van der Waals surface area contributed by atoms with Gasteiger partial charge in [-0.3, -0.25) is 19.6 Å². The third kappa shape index (κ3) is 7.77. The number of aryl methyl sites for hydroxylation is 1. The zero-order valence-corrected chi connectivity index (χ0v) is 22.1. The Balaban J connectivity index is 0.00000363.